The molecule has 0 saturated heterocycles. The van der Waals surface area contributed by atoms with Crippen molar-refractivity contribution in [2.45, 2.75) is 38.6 Å². The van der Waals surface area contributed by atoms with Crippen molar-refractivity contribution in [2.24, 2.45) is 0 Å². The van der Waals surface area contributed by atoms with Crippen molar-refractivity contribution in [3.63, 3.8) is 0 Å². The van der Waals surface area contributed by atoms with Crippen LogP contribution in [0.1, 0.15) is 31.2 Å². The number of carbonyl (C=O) groups excluding carboxylic acids is 1. The van der Waals surface area contributed by atoms with Crippen molar-refractivity contribution in [1.29, 1.82) is 0 Å². The number of nitrogens with one attached hydrogen (secondary N) is 1. The third kappa shape index (κ3) is 9.82. The Morgan fingerprint density at radius 2 is 1.71 bits per heavy atom. The lowest BCUT2D eigenvalue weighted by atomic mass is 9.83. The van der Waals surface area contributed by atoms with E-state index in [0.29, 0.717) is 25.8 Å². The monoisotopic (exact) mass is 302 g/mol. The molecular weight excluding hydrogens is 282 g/mol. The SMILES string of the molecule is O=C(NCCCCCC[B-](F)(F)F)OCc1ccccc1. The first-order valence-electron chi connectivity index (χ1n) is 7.13. The molecule has 7 heteroatoms. The number of benzene rings is 1. The fourth-order valence-corrected chi connectivity index (χ4v) is 1.82. The molecule has 0 bridgehead atoms. The van der Waals surface area contributed by atoms with Crippen LogP contribution in [0.3, 0.4) is 0 Å². The number of rotatable bonds is 9. The standard InChI is InChI=1S/C14H20BF3NO2/c16-15(17,18)10-6-1-2-7-11-19-14(20)21-12-13-8-4-3-5-9-13/h3-5,8-9H,1-2,6-7,10-12H2,(H,19,20)/q-1. The summed E-state index contributed by atoms with van der Waals surface area (Å²) in [7, 11) is 0. The van der Waals surface area contributed by atoms with Crippen molar-refractivity contribution >= 4 is 13.1 Å². The Labute approximate surface area is 122 Å². The molecule has 0 heterocycles. The van der Waals surface area contributed by atoms with Crippen LogP contribution in [0.25, 0.3) is 0 Å². The van der Waals surface area contributed by atoms with Gasteiger partial charge in [-0.25, -0.2) is 4.79 Å². The van der Waals surface area contributed by atoms with Crippen LogP contribution in [0, 0.1) is 0 Å². The van der Waals surface area contributed by atoms with E-state index in [2.05, 4.69) is 5.32 Å². The van der Waals surface area contributed by atoms with Gasteiger partial charge < -0.3 is 23.0 Å². The molecule has 0 spiro atoms. The molecule has 0 fully saturated rings. The van der Waals surface area contributed by atoms with Crippen LogP contribution in [-0.2, 0) is 11.3 Å². The van der Waals surface area contributed by atoms with E-state index < -0.39 is 19.4 Å². The summed E-state index contributed by atoms with van der Waals surface area (Å²) in [4.78, 5) is 11.4. The van der Waals surface area contributed by atoms with Crippen LogP contribution in [0.4, 0.5) is 17.7 Å². The molecule has 1 rings (SSSR count). The minimum Gasteiger partial charge on any atom is -0.449 e. The van der Waals surface area contributed by atoms with Gasteiger partial charge in [0.25, 0.3) is 0 Å². The number of alkyl carbamates (subject to hydrolysis) is 1. The average molecular weight is 302 g/mol. The van der Waals surface area contributed by atoms with Gasteiger partial charge in [-0.3, -0.25) is 0 Å². The Balaban J connectivity index is 1.96. The van der Waals surface area contributed by atoms with Crippen LogP contribution in [-0.4, -0.2) is 19.6 Å². The van der Waals surface area contributed by atoms with Crippen LogP contribution in [0.15, 0.2) is 30.3 Å². The molecule has 0 unspecified atom stereocenters. The molecule has 0 atom stereocenters. The molecule has 0 aromatic heterocycles. The minimum atomic E-state index is -4.66. The molecule has 0 aliphatic heterocycles. The molecule has 1 amide bonds. The van der Waals surface area contributed by atoms with Gasteiger partial charge in [-0.05, 0) is 12.0 Å². The van der Waals surface area contributed by atoms with Crippen LogP contribution in [0.5, 0.6) is 0 Å². The molecule has 21 heavy (non-hydrogen) atoms. The molecule has 0 radical (unpaired) electrons. The smallest absolute Gasteiger partial charge is 0.449 e. The largest absolute Gasteiger partial charge is 0.478 e. The van der Waals surface area contributed by atoms with E-state index >= 15 is 0 Å². The number of ether oxygens (including phenoxy) is 1. The summed E-state index contributed by atoms with van der Waals surface area (Å²) in [5.41, 5.74) is 0.904. The first kappa shape index (κ1) is 17.4. The number of hydrogen-bond acceptors (Lipinski definition) is 2. The van der Waals surface area contributed by atoms with E-state index in [1.165, 1.54) is 0 Å². The van der Waals surface area contributed by atoms with Crippen molar-refractivity contribution in [1.82, 2.24) is 5.32 Å². The molecule has 3 nitrogen and oxygen atoms in total. The lowest BCUT2D eigenvalue weighted by Gasteiger charge is -2.12. The zero-order valence-corrected chi connectivity index (χ0v) is 11.9. The Hall–Kier alpha value is -1.66. The predicted octanol–water partition coefficient (Wildman–Crippen LogP) is 4.32. The fourth-order valence-electron chi connectivity index (χ4n) is 1.82. The summed E-state index contributed by atoms with van der Waals surface area (Å²) in [6.07, 6.45) is 0.852. The van der Waals surface area contributed by atoms with Gasteiger partial charge in [-0.2, -0.15) is 0 Å². The molecule has 1 aromatic carbocycles. The van der Waals surface area contributed by atoms with Crippen molar-refractivity contribution < 1.29 is 22.5 Å². The van der Waals surface area contributed by atoms with Gasteiger partial charge in [0.05, 0.1) is 0 Å². The molecule has 1 N–H and O–H groups in total. The zero-order chi connectivity index (χ0) is 15.6. The number of carbonyl (C=O) groups is 1. The summed E-state index contributed by atoms with van der Waals surface area (Å²) < 4.78 is 40.9. The van der Waals surface area contributed by atoms with E-state index in [4.69, 9.17) is 4.74 Å². The Bertz CT molecular complexity index is 412. The summed E-state index contributed by atoms with van der Waals surface area (Å²) in [5.74, 6) is 0. The Morgan fingerprint density at radius 1 is 1.05 bits per heavy atom. The number of hydrogen-bond donors (Lipinski definition) is 1. The van der Waals surface area contributed by atoms with Crippen molar-refractivity contribution in [3.05, 3.63) is 35.9 Å². The van der Waals surface area contributed by atoms with Gasteiger partial charge in [0, 0.05) is 6.54 Å². The zero-order valence-electron chi connectivity index (χ0n) is 11.9. The van der Waals surface area contributed by atoms with E-state index in [1.807, 2.05) is 30.3 Å². The minimum absolute atomic E-state index is 0.169. The molecule has 118 valence electrons. The number of halogens is 3. The molecular formula is C14H20BF3NO2-. The van der Waals surface area contributed by atoms with Gasteiger partial charge in [0.15, 0.2) is 0 Å². The predicted molar refractivity (Wildman–Crippen MR) is 77.0 cm³/mol. The maximum absolute atomic E-state index is 12.0. The number of unbranched alkanes of at least 4 members (excludes halogenated alkanes) is 3. The summed E-state index contributed by atoms with van der Waals surface area (Å²) in [6.45, 7) is -4.03. The first-order valence-corrected chi connectivity index (χ1v) is 7.13. The quantitative estimate of drug-likeness (QED) is 0.545. The van der Waals surface area contributed by atoms with Crippen molar-refractivity contribution in [2.75, 3.05) is 6.54 Å². The van der Waals surface area contributed by atoms with Gasteiger partial charge in [-0.1, -0.05) is 55.9 Å². The highest BCUT2D eigenvalue weighted by Gasteiger charge is 2.21. The van der Waals surface area contributed by atoms with E-state index in [1.54, 1.807) is 0 Å². The van der Waals surface area contributed by atoms with Crippen LogP contribution >= 0.6 is 0 Å². The fraction of sp³-hybridized carbons (Fsp3) is 0.500. The highest BCUT2D eigenvalue weighted by atomic mass is 19.4. The Morgan fingerprint density at radius 3 is 2.38 bits per heavy atom. The summed E-state index contributed by atoms with van der Waals surface area (Å²) in [5, 5.41) is 2.58. The molecule has 0 aliphatic carbocycles. The third-order valence-corrected chi connectivity index (χ3v) is 2.94. The highest BCUT2D eigenvalue weighted by Crippen LogP contribution is 2.18. The normalized spacial score (nSPS) is 11.2. The van der Waals surface area contributed by atoms with E-state index in [9.17, 15) is 17.7 Å². The number of amides is 1. The average Bonchev–Trinajstić information content (AvgIpc) is 2.44. The van der Waals surface area contributed by atoms with E-state index in [0.717, 1.165) is 5.56 Å². The summed E-state index contributed by atoms with van der Waals surface area (Å²) in [6, 6.07) is 9.31. The second-order valence-electron chi connectivity index (χ2n) is 4.90. The third-order valence-electron chi connectivity index (χ3n) is 2.94. The first-order chi connectivity index (χ1) is 9.97. The van der Waals surface area contributed by atoms with Gasteiger partial charge in [0.2, 0.25) is 0 Å². The molecule has 1 aromatic rings. The maximum Gasteiger partial charge on any atom is 0.478 e. The molecule has 0 aliphatic rings. The highest BCUT2D eigenvalue weighted by molar-refractivity contribution is 6.58. The van der Waals surface area contributed by atoms with Crippen LogP contribution < -0.4 is 5.32 Å². The second-order valence-corrected chi connectivity index (χ2v) is 4.90. The van der Waals surface area contributed by atoms with Gasteiger partial charge in [-0.15, -0.1) is 0 Å². The lowest BCUT2D eigenvalue weighted by molar-refractivity contribution is 0.139. The van der Waals surface area contributed by atoms with Gasteiger partial charge in [0.1, 0.15) is 6.61 Å². The van der Waals surface area contributed by atoms with Gasteiger partial charge >= 0.3 is 13.1 Å². The van der Waals surface area contributed by atoms with Crippen molar-refractivity contribution in [3.8, 4) is 0 Å². The van der Waals surface area contributed by atoms with E-state index in [-0.39, 0.29) is 13.0 Å². The lowest BCUT2D eigenvalue weighted by Crippen LogP contribution is -2.25. The second kappa shape index (κ2) is 9.31. The maximum atomic E-state index is 12.0. The Kier molecular flexibility index (Phi) is 7.71. The van der Waals surface area contributed by atoms with Crippen LogP contribution in [0.2, 0.25) is 6.32 Å². The summed E-state index contributed by atoms with van der Waals surface area (Å²) >= 11 is 0. The topological polar surface area (TPSA) is 38.3 Å². The molecule has 0 saturated carbocycles.